The molecule has 0 nitrogen and oxygen atoms in total. The third-order valence-electron chi connectivity index (χ3n) is 0. The first-order valence-corrected chi connectivity index (χ1v) is 6.80. The molecule has 0 amide bonds. The first-order chi connectivity index (χ1) is 2.45. The summed E-state index contributed by atoms with van der Waals surface area (Å²) in [5.41, 5.74) is 0. The van der Waals surface area contributed by atoms with E-state index in [9.17, 15) is 16.9 Å². The van der Waals surface area contributed by atoms with Crippen LogP contribution in [-0.4, -0.2) is 19.5 Å². The Bertz CT molecular complexity index is 67.1. The van der Waals surface area contributed by atoms with E-state index in [1.54, 1.807) is 0 Å². The fourth-order valence-electron chi connectivity index (χ4n) is 0. The molecule has 0 rings (SSSR count). The van der Waals surface area contributed by atoms with Crippen molar-refractivity contribution in [3.05, 3.63) is 0 Å². The molecule has 0 aliphatic rings. The minimum atomic E-state index is -11.2. The van der Waals surface area contributed by atoms with Gasteiger partial charge in [0.15, 0.2) is 0 Å². The average Bonchev–Trinajstić information content (AvgIpc) is 0.592. The second-order valence-electron chi connectivity index (χ2n) is 0.958. The molecule has 0 radical (unpaired) electrons. The molecule has 0 unspecified atom stereocenters. The van der Waals surface area contributed by atoms with Gasteiger partial charge in [-0.15, -0.1) is 0 Å². The van der Waals surface area contributed by atoms with E-state index in [0.717, 1.165) is 0 Å². The molecular weight excluding hydrogens is 275 g/mol. The van der Waals surface area contributed by atoms with Gasteiger partial charge in [-0.25, -0.2) is 0 Å². The van der Waals surface area contributed by atoms with Gasteiger partial charge in [-0.3, -0.25) is 0 Å². The van der Waals surface area contributed by atoms with Crippen LogP contribution < -0.4 is 51.4 Å². The zero-order valence-corrected chi connectivity index (χ0v) is 9.39. The average molecular weight is 275 g/mol. The van der Waals surface area contributed by atoms with Crippen molar-refractivity contribution in [2.75, 3.05) is 0 Å². The van der Waals surface area contributed by atoms with Gasteiger partial charge in [-0.2, -0.15) is 0 Å². The molecule has 0 N–H and O–H groups in total. The molecule has 0 saturated heterocycles. The standard InChI is InChI=1S/6FH.K.Sb/h6*1H;;/q;;;;;;+1;+5/p-6. The molecule has 0 heterocycles. The summed E-state index contributed by atoms with van der Waals surface area (Å²) in [7, 11) is 0. The van der Waals surface area contributed by atoms with Crippen molar-refractivity contribution >= 4 is 19.5 Å². The first kappa shape index (κ1) is 12.7. The number of rotatable bonds is 0. The number of hydrogen-bond donors (Lipinski definition) is 0. The molecule has 0 spiro atoms. The predicted molar refractivity (Wildman–Crippen MR) is 12.4 cm³/mol. The van der Waals surface area contributed by atoms with E-state index in [1.807, 2.05) is 0 Å². The Morgan fingerprint density at radius 1 is 0.625 bits per heavy atom. The molecule has 0 aliphatic heterocycles. The Morgan fingerprint density at radius 2 is 0.625 bits per heavy atom. The van der Waals surface area contributed by atoms with Gasteiger partial charge in [0.05, 0.1) is 0 Å². The van der Waals surface area contributed by atoms with Gasteiger partial charge in [-0.05, 0) is 0 Å². The summed E-state index contributed by atoms with van der Waals surface area (Å²) < 4.78 is 59.6. The molecule has 0 saturated carbocycles. The molecule has 0 fully saturated rings. The van der Waals surface area contributed by atoms with Crippen molar-refractivity contribution < 1.29 is 68.3 Å². The minimum absolute atomic E-state index is 0. The maximum absolute atomic E-state index is 11.2. The third-order valence-corrected chi connectivity index (χ3v) is 0. The fraction of sp³-hybridized carbons (Fsp3) is 0. The minimum Gasteiger partial charge on any atom is 1.00 e. The van der Waals surface area contributed by atoms with Crippen molar-refractivity contribution in [2.24, 2.45) is 0 Å². The summed E-state index contributed by atoms with van der Waals surface area (Å²) in [4.78, 5) is 0. The number of hydrogen-bond acceptors (Lipinski definition) is 0. The Morgan fingerprint density at radius 3 is 0.625 bits per heavy atom. The van der Waals surface area contributed by atoms with Crippen molar-refractivity contribution in [1.29, 1.82) is 0 Å². The Balaban J connectivity index is 0. The first-order valence-electron chi connectivity index (χ1n) is 1.01. The van der Waals surface area contributed by atoms with E-state index in [4.69, 9.17) is 0 Å². The summed E-state index contributed by atoms with van der Waals surface area (Å²) in [5, 5.41) is 0. The van der Waals surface area contributed by atoms with Crippen molar-refractivity contribution in [2.45, 2.75) is 0 Å². The molecule has 8 heavy (non-hydrogen) atoms. The van der Waals surface area contributed by atoms with Gasteiger partial charge in [0.2, 0.25) is 0 Å². The van der Waals surface area contributed by atoms with Crippen molar-refractivity contribution in [1.82, 2.24) is 0 Å². The van der Waals surface area contributed by atoms with Gasteiger partial charge in [-0.1, -0.05) is 0 Å². The maximum atomic E-state index is 9.93. The summed E-state index contributed by atoms with van der Waals surface area (Å²) in [6.45, 7) is 0. The molecule has 0 bridgehead atoms. The van der Waals surface area contributed by atoms with Crippen LogP contribution >= 0.6 is 0 Å². The fourth-order valence-corrected chi connectivity index (χ4v) is 0. The van der Waals surface area contributed by atoms with Crippen LogP contribution in [0.15, 0.2) is 0 Å². The van der Waals surface area contributed by atoms with E-state index in [0.29, 0.717) is 0 Å². The molecule has 0 aromatic heterocycles. The van der Waals surface area contributed by atoms with Gasteiger partial charge in [0.1, 0.15) is 0 Å². The molecule has 48 valence electrons. The van der Waals surface area contributed by atoms with Crippen LogP contribution in [0, 0.1) is 0 Å². The van der Waals surface area contributed by atoms with Crippen LogP contribution in [0.2, 0.25) is 0 Å². The topological polar surface area (TPSA) is 0 Å². The zero-order chi connectivity index (χ0) is 6.41. The molecular formula is F6KSb. The third kappa shape index (κ3) is 96.1. The van der Waals surface area contributed by atoms with Crippen LogP contribution in [0.1, 0.15) is 0 Å². The molecule has 0 atom stereocenters. The molecule has 0 aliphatic carbocycles. The van der Waals surface area contributed by atoms with Crippen LogP contribution in [-0.2, 0) is 0 Å². The van der Waals surface area contributed by atoms with E-state index >= 15 is 0 Å². The van der Waals surface area contributed by atoms with Crippen LogP contribution in [0.4, 0.5) is 16.9 Å². The van der Waals surface area contributed by atoms with E-state index in [-0.39, 0.29) is 51.4 Å². The quantitative estimate of drug-likeness (QED) is 0.399. The Kier molecular flexibility index (Phi) is 3.19. The van der Waals surface area contributed by atoms with Gasteiger partial charge in [0, 0.05) is 0 Å². The second kappa shape index (κ2) is 2.01. The van der Waals surface area contributed by atoms with Crippen LogP contribution in [0.5, 0.6) is 0 Å². The number of halogens is 6. The summed E-state index contributed by atoms with van der Waals surface area (Å²) in [6, 6.07) is 0. The SMILES string of the molecule is [F][Sb-]([F])([F])([F])([F])[F].[K+]. The Labute approximate surface area is 85.9 Å². The molecule has 0 aromatic rings. The van der Waals surface area contributed by atoms with Gasteiger partial charge in [0.25, 0.3) is 0 Å². The smallest absolute Gasteiger partial charge is 1.00 e. The maximum Gasteiger partial charge on any atom is 1.00 e. The van der Waals surface area contributed by atoms with E-state index < -0.39 is 19.5 Å². The van der Waals surface area contributed by atoms with Gasteiger partial charge < -0.3 is 0 Å². The van der Waals surface area contributed by atoms with E-state index in [1.165, 1.54) is 0 Å². The largest absolute Gasteiger partial charge is 1.00 e. The Hall–Kier alpha value is 2.03. The summed E-state index contributed by atoms with van der Waals surface area (Å²) >= 11 is -11.2. The van der Waals surface area contributed by atoms with Crippen LogP contribution in [0.25, 0.3) is 0 Å². The van der Waals surface area contributed by atoms with Crippen molar-refractivity contribution in [3.63, 3.8) is 0 Å². The van der Waals surface area contributed by atoms with Crippen molar-refractivity contribution in [3.8, 4) is 0 Å². The monoisotopic (exact) mass is 274 g/mol. The zero-order valence-electron chi connectivity index (χ0n) is 3.72. The second-order valence-corrected chi connectivity index (χ2v) is 6.43. The van der Waals surface area contributed by atoms with E-state index in [2.05, 4.69) is 0 Å². The molecule has 8 heteroatoms. The predicted octanol–water partition coefficient (Wildman–Crippen LogP) is -0.856. The summed E-state index contributed by atoms with van der Waals surface area (Å²) in [5.74, 6) is 0. The normalized spacial score (nSPS) is 20.2. The molecule has 0 aromatic carbocycles. The van der Waals surface area contributed by atoms with Gasteiger partial charge >= 0.3 is 87.7 Å². The summed E-state index contributed by atoms with van der Waals surface area (Å²) in [6.07, 6.45) is 0. The van der Waals surface area contributed by atoms with Crippen LogP contribution in [0.3, 0.4) is 0 Å².